The van der Waals surface area contributed by atoms with Crippen LogP contribution in [0.4, 0.5) is 0 Å². The number of aromatic nitrogens is 1. The molecule has 0 spiro atoms. The van der Waals surface area contributed by atoms with Crippen LogP contribution in [-0.2, 0) is 0 Å². The fourth-order valence-electron chi connectivity index (χ4n) is 3.53. The third kappa shape index (κ3) is 3.30. The van der Waals surface area contributed by atoms with E-state index in [1.807, 2.05) is 20.0 Å². The molecule has 1 fully saturated rings. The van der Waals surface area contributed by atoms with Gasteiger partial charge < -0.3 is 19.3 Å². The Morgan fingerprint density at radius 3 is 2.70 bits per heavy atom. The Hall–Kier alpha value is -2.80. The van der Waals surface area contributed by atoms with Crippen molar-refractivity contribution in [3.8, 4) is 17.2 Å². The lowest BCUT2D eigenvalue weighted by atomic mass is 10.1. The molecule has 0 atom stereocenters. The van der Waals surface area contributed by atoms with E-state index in [1.54, 1.807) is 29.3 Å². The first kappa shape index (κ1) is 17.6. The number of likely N-dealkylation sites (N-methyl/N-ethyl adjacent to an activating group) is 1. The molecule has 7 heteroatoms. The fraction of sp³-hybridized carbons (Fsp3) is 0.400. The summed E-state index contributed by atoms with van der Waals surface area (Å²) in [6.07, 6.45) is 2.60. The van der Waals surface area contributed by atoms with Gasteiger partial charge in [-0.15, -0.1) is 0 Å². The molecule has 0 bridgehead atoms. The van der Waals surface area contributed by atoms with Gasteiger partial charge in [0, 0.05) is 31.9 Å². The zero-order valence-corrected chi connectivity index (χ0v) is 15.6. The van der Waals surface area contributed by atoms with Crippen LogP contribution >= 0.6 is 0 Å². The van der Waals surface area contributed by atoms with Gasteiger partial charge in [0.05, 0.1) is 5.69 Å². The van der Waals surface area contributed by atoms with Gasteiger partial charge >= 0.3 is 0 Å². The van der Waals surface area contributed by atoms with E-state index < -0.39 is 0 Å². The molecular weight excluding hydrogens is 346 g/mol. The van der Waals surface area contributed by atoms with Gasteiger partial charge in [0.15, 0.2) is 11.5 Å². The predicted octanol–water partition coefficient (Wildman–Crippen LogP) is 1.65. The molecule has 0 saturated carbocycles. The normalized spacial score (nSPS) is 17.0. The van der Waals surface area contributed by atoms with E-state index in [-0.39, 0.29) is 23.8 Å². The number of rotatable bonds is 2. The average Bonchev–Trinajstić information content (AvgIpc) is 3.01. The minimum atomic E-state index is -0.309. The minimum absolute atomic E-state index is 0.175. The number of amides is 1. The molecule has 0 radical (unpaired) electrons. The Morgan fingerprint density at radius 2 is 1.85 bits per heavy atom. The van der Waals surface area contributed by atoms with Gasteiger partial charge in [-0.25, -0.2) is 0 Å². The summed E-state index contributed by atoms with van der Waals surface area (Å²) >= 11 is 0. The summed E-state index contributed by atoms with van der Waals surface area (Å²) in [5.74, 6) is 1.06. The van der Waals surface area contributed by atoms with E-state index in [1.165, 1.54) is 4.57 Å². The summed E-state index contributed by atoms with van der Waals surface area (Å²) in [5, 5.41) is 0. The Balaban J connectivity index is 1.71. The molecule has 7 nitrogen and oxygen atoms in total. The number of hydrogen-bond acceptors (Lipinski definition) is 5. The van der Waals surface area contributed by atoms with Crippen molar-refractivity contribution >= 4 is 5.91 Å². The van der Waals surface area contributed by atoms with E-state index in [0.717, 1.165) is 19.5 Å². The van der Waals surface area contributed by atoms with Gasteiger partial charge in [0.2, 0.25) is 6.79 Å². The number of benzene rings is 1. The summed E-state index contributed by atoms with van der Waals surface area (Å²) in [6.45, 7) is 5.05. The second-order valence-electron chi connectivity index (χ2n) is 7.04. The maximum absolute atomic E-state index is 13.2. The van der Waals surface area contributed by atoms with Crippen LogP contribution in [0.5, 0.6) is 11.5 Å². The van der Waals surface area contributed by atoms with Crippen LogP contribution in [0.2, 0.25) is 0 Å². The zero-order chi connectivity index (χ0) is 19.0. The summed E-state index contributed by atoms with van der Waals surface area (Å²) in [5.41, 5.74) is 1.27. The van der Waals surface area contributed by atoms with Gasteiger partial charge in [0.25, 0.3) is 11.5 Å². The molecule has 4 rings (SSSR count). The lowest BCUT2D eigenvalue weighted by molar-refractivity contribution is 0.0760. The quantitative estimate of drug-likeness (QED) is 0.806. The lowest BCUT2D eigenvalue weighted by Crippen LogP contribution is -2.39. The van der Waals surface area contributed by atoms with Crippen molar-refractivity contribution in [2.24, 2.45) is 0 Å². The number of aryl methyl sites for hydroxylation is 1. The lowest BCUT2D eigenvalue weighted by Gasteiger charge is -2.21. The Morgan fingerprint density at radius 1 is 1.04 bits per heavy atom. The van der Waals surface area contributed by atoms with E-state index in [4.69, 9.17) is 9.47 Å². The smallest absolute Gasteiger partial charge is 0.268 e. The van der Waals surface area contributed by atoms with Gasteiger partial charge in [-0.3, -0.25) is 14.2 Å². The first-order valence-electron chi connectivity index (χ1n) is 9.15. The molecule has 3 heterocycles. The molecule has 1 aromatic carbocycles. The molecule has 0 aliphatic carbocycles. The van der Waals surface area contributed by atoms with Crippen LogP contribution in [0.3, 0.4) is 0 Å². The highest BCUT2D eigenvalue weighted by Gasteiger charge is 2.24. The molecule has 2 aliphatic heterocycles. The van der Waals surface area contributed by atoms with Crippen LogP contribution in [0, 0.1) is 6.92 Å². The SMILES string of the molecule is Cc1ccn(-c2ccc3c(c2)OCO3)c(=O)c1C(=O)N1CCCN(C)CC1. The van der Waals surface area contributed by atoms with Crippen LogP contribution < -0.4 is 15.0 Å². The topological polar surface area (TPSA) is 64.0 Å². The van der Waals surface area contributed by atoms with E-state index >= 15 is 0 Å². The summed E-state index contributed by atoms with van der Waals surface area (Å²) in [6, 6.07) is 7.13. The largest absolute Gasteiger partial charge is 0.454 e. The van der Waals surface area contributed by atoms with Crippen molar-refractivity contribution in [2.75, 3.05) is 40.0 Å². The molecule has 2 aromatic rings. The van der Waals surface area contributed by atoms with Crippen molar-refractivity contribution in [1.82, 2.24) is 14.4 Å². The number of hydrogen-bond donors (Lipinski definition) is 0. The number of carbonyl (C=O) groups excluding carboxylic acids is 1. The standard InChI is InChI=1S/C20H23N3O4/c1-14-6-9-23(15-4-5-16-17(12-15)27-13-26-16)20(25)18(14)19(24)22-8-3-7-21(2)10-11-22/h4-6,9,12H,3,7-8,10-11,13H2,1-2H3. The zero-order valence-electron chi connectivity index (χ0n) is 15.6. The Bertz CT molecular complexity index is 937. The van der Waals surface area contributed by atoms with Crippen LogP contribution in [0.25, 0.3) is 5.69 Å². The third-order valence-corrected chi connectivity index (χ3v) is 5.16. The summed E-state index contributed by atoms with van der Waals surface area (Å²) in [7, 11) is 2.05. The molecule has 142 valence electrons. The maximum atomic E-state index is 13.2. The van der Waals surface area contributed by atoms with Crippen LogP contribution in [0.15, 0.2) is 35.3 Å². The first-order chi connectivity index (χ1) is 13.0. The van der Waals surface area contributed by atoms with Crippen molar-refractivity contribution in [1.29, 1.82) is 0 Å². The van der Waals surface area contributed by atoms with Gasteiger partial charge in [-0.1, -0.05) is 0 Å². The number of fused-ring (bicyclic) bond motifs is 1. The van der Waals surface area contributed by atoms with Crippen LogP contribution in [-0.4, -0.2) is 60.3 Å². The number of nitrogens with zero attached hydrogens (tertiary/aromatic N) is 3. The summed E-state index contributed by atoms with van der Waals surface area (Å²) < 4.78 is 12.2. The highest BCUT2D eigenvalue weighted by Crippen LogP contribution is 2.33. The third-order valence-electron chi connectivity index (χ3n) is 5.16. The van der Waals surface area contributed by atoms with Gasteiger partial charge in [-0.05, 0) is 50.7 Å². The Kier molecular flexibility index (Phi) is 4.61. The van der Waals surface area contributed by atoms with Crippen molar-refractivity contribution in [3.05, 3.63) is 51.9 Å². The van der Waals surface area contributed by atoms with Gasteiger partial charge in [0.1, 0.15) is 5.56 Å². The second-order valence-corrected chi connectivity index (χ2v) is 7.04. The Labute approximate surface area is 157 Å². The molecule has 1 saturated heterocycles. The predicted molar refractivity (Wildman–Crippen MR) is 101 cm³/mol. The second kappa shape index (κ2) is 7.08. The molecule has 0 N–H and O–H groups in total. The average molecular weight is 369 g/mol. The number of carbonyl (C=O) groups is 1. The highest BCUT2D eigenvalue weighted by atomic mass is 16.7. The van der Waals surface area contributed by atoms with E-state index in [2.05, 4.69) is 4.90 Å². The monoisotopic (exact) mass is 369 g/mol. The first-order valence-corrected chi connectivity index (χ1v) is 9.15. The van der Waals surface area contributed by atoms with Crippen molar-refractivity contribution in [2.45, 2.75) is 13.3 Å². The number of pyridine rings is 1. The molecule has 0 unspecified atom stereocenters. The fourth-order valence-corrected chi connectivity index (χ4v) is 3.53. The highest BCUT2D eigenvalue weighted by molar-refractivity contribution is 5.95. The van der Waals surface area contributed by atoms with E-state index in [0.29, 0.717) is 35.8 Å². The minimum Gasteiger partial charge on any atom is -0.454 e. The molecule has 2 aliphatic rings. The molecule has 1 amide bonds. The molecular formula is C20H23N3O4. The molecule has 1 aromatic heterocycles. The van der Waals surface area contributed by atoms with E-state index in [9.17, 15) is 9.59 Å². The van der Waals surface area contributed by atoms with Crippen molar-refractivity contribution in [3.63, 3.8) is 0 Å². The number of ether oxygens (including phenoxy) is 2. The molecule has 27 heavy (non-hydrogen) atoms. The van der Waals surface area contributed by atoms with Crippen LogP contribution in [0.1, 0.15) is 22.3 Å². The summed E-state index contributed by atoms with van der Waals surface area (Å²) in [4.78, 5) is 30.3. The maximum Gasteiger partial charge on any atom is 0.268 e. The van der Waals surface area contributed by atoms with Gasteiger partial charge in [-0.2, -0.15) is 0 Å². The van der Waals surface area contributed by atoms with Crippen molar-refractivity contribution < 1.29 is 14.3 Å².